The topological polar surface area (TPSA) is 114 Å². The number of carbonyl (C=O) groups excluding carboxylic acids is 2. The van der Waals surface area contributed by atoms with Crippen LogP contribution in [0.2, 0.25) is 0 Å². The number of rotatable bonds is 14. The average Bonchev–Trinajstić information content (AvgIpc) is 3.69. The highest BCUT2D eigenvalue weighted by Crippen LogP contribution is 2.48. The largest absolute Gasteiger partial charge is 0.481 e. The Hall–Kier alpha value is -4.17. The Kier molecular flexibility index (Phi) is 8.99. The predicted molar refractivity (Wildman–Crippen MR) is 154 cm³/mol. The molecule has 214 valence electrons. The van der Waals surface area contributed by atoms with E-state index >= 15 is 0 Å². The monoisotopic (exact) mass is 556 g/mol. The summed E-state index contributed by atoms with van der Waals surface area (Å²) in [5.41, 5.74) is 5.51. The van der Waals surface area contributed by atoms with E-state index in [1.807, 2.05) is 66.7 Å². The Morgan fingerprint density at radius 2 is 1.54 bits per heavy atom. The van der Waals surface area contributed by atoms with Crippen molar-refractivity contribution < 1.29 is 29.0 Å². The van der Waals surface area contributed by atoms with Crippen LogP contribution in [0.3, 0.4) is 0 Å². The summed E-state index contributed by atoms with van der Waals surface area (Å²) in [6.07, 6.45) is 1.77. The van der Waals surface area contributed by atoms with Gasteiger partial charge in [-0.15, -0.1) is 0 Å². The number of amides is 2. The number of nitrogens with one attached hydrogen (secondary N) is 2. The van der Waals surface area contributed by atoms with E-state index in [1.165, 1.54) is 0 Å². The van der Waals surface area contributed by atoms with Gasteiger partial charge in [0, 0.05) is 25.5 Å². The fourth-order valence-corrected chi connectivity index (χ4v) is 5.46. The van der Waals surface area contributed by atoms with Gasteiger partial charge in [0.15, 0.2) is 0 Å². The van der Waals surface area contributed by atoms with E-state index in [0.29, 0.717) is 19.8 Å². The molecule has 1 fully saturated rings. The van der Waals surface area contributed by atoms with Crippen molar-refractivity contribution in [1.82, 2.24) is 10.6 Å². The summed E-state index contributed by atoms with van der Waals surface area (Å²) < 4.78 is 11.4. The Morgan fingerprint density at radius 3 is 2.17 bits per heavy atom. The van der Waals surface area contributed by atoms with Gasteiger partial charge in [0.1, 0.15) is 12.6 Å². The van der Waals surface area contributed by atoms with Crippen molar-refractivity contribution in [3.63, 3.8) is 0 Å². The van der Waals surface area contributed by atoms with E-state index < -0.39 is 24.0 Å². The molecule has 1 saturated carbocycles. The average molecular weight is 557 g/mol. The maximum atomic E-state index is 13.1. The van der Waals surface area contributed by atoms with Gasteiger partial charge in [-0.1, -0.05) is 78.9 Å². The van der Waals surface area contributed by atoms with Crippen LogP contribution in [0.5, 0.6) is 0 Å². The Bertz CT molecular complexity index is 1330. The van der Waals surface area contributed by atoms with Crippen molar-refractivity contribution >= 4 is 18.0 Å². The SMILES string of the molecule is O=C(O)CCC(NC(=O)OCC1c2ccccc2-c2ccccc21)C(=O)NCC1(CCOCc2ccccc2)CC1. The fourth-order valence-electron chi connectivity index (χ4n) is 5.46. The normalized spacial score (nSPS) is 15.3. The van der Waals surface area contributed by atoms with Gasteiger partial charge < -0.3 is 25.2 Å². The van der Waals surface area contributed by atoms with Crippen molar-refractivity contribution in [2.24, 2.45) is 5.41 Å². The van der Waals surface area contributed by atoms with Crippen molar-refractivity contribution in [2.45, 2.75) is 50.7 Å². The van der Waals surface area contributed by atoms with E-state index in [-0.39, 0.29) is 30.8 Å². The van der Waals surface area contributed by atoms with Crippen molar-refractivity contribution in [3.8, 4) is 11.1 Å². The smallest absolute Gasteiger partial charge is 0.407 e. The minimum Gasteiger partial charge on any atom is -0.481 e. The third-order valence-corrected chi connectivity index (χ3v) is 8.08. The van der Waals surface area contributed by atoms with Crippen LogP contribution in [-0.4, -0.2) is 48.9 Å². The molecular weight excluding hydrogens is 520 g/mol. The van der Waals surface area contributed by atoms with Gasteiger partial charge in [0.2, 0.25) is 5.91 Å². The third-order valence-electron chi connectivity index (χ3n) is 8.08. The molecule has 2 aliphatic rings. The van der Waals surface area contributed by atoms with Gasteiger partial charge in [0.05, 0.1) is 6.61 Å². The maximum Gasteiger partial charge on any atom is 0.407 e. The van der Waals surface area contributed by atoms with E-state index in [2.05, 4.69) is 22.8 Å². The highest BCUT2D eigenvalue weighted by atomic mass is 16.5. The molecule has 0 aliphatic heterocycles. The second kappa shape index (κ2) is 13.0. The summed E-state index contributed by atoms with van der Waals surface area (Å²) in [5, 5.41) is 14.7. The quantitative estimate of drug-likeness (QED) is 0.233. The van der Waals surface area contributed by atoms with Gasteiger partial charge in [-0.25, -0.2) is 4.79 Å². The standard InChI is InChI=1S/C33H36N2O6/c36-30(37)15-14-29(31(38)34-22-33(16-17-33)18-19-40-20-23-8-2-1-3-9-23)35-32(39)41-21-28-26-12-6-4-10-24(26)25-11-5-7-13-27(25)28/h1-13,28-29H,14-22H2,(H,34,38)(H,35,39)(H,36,37). The lowest BCUT2D eigenvalue weighted by Crippen LogP contribution is -2.48. The molecule has 41 heavy (non-hydrogen) atoms. The minimum absolute atomic E-state index is 0.0204. The van der Waals surface area contributed by atoms with Gasteiger partial charge in [-0.3, -0.25) is 9.59 Å². The van der Waals surface area contributed by atoms with Crippen LogP contribution in [0, 0.1) is 5.41 Å². The maximum absolute atomic E-state index is 13.1. The van der Waals surface area contributed by atoms with Crippen LogP contribution in [0.4, 0.5) is 4.79 Å². The number of carbonyl (C=O) groups is 3. The summed E-state index contributed by atoms with van der Waals surface area (Å²) >= 11 is 0. The van der Waals surface area contributed by atoms with Crippen molar-refractivity contribution in [1.29, 1.82) is 0 Å². The zero-order valence-corrected chi connectivity index (χ0v) is 23.0. The molecule has 3 aromatic carbocycles. The molecule has 1 unspecified atom stereocenters. The summed E-state index contributed by atoms with van der Waals surface area (Å²) in [6.45, 7) is 1.70. The van der Waals surface area contributed by atoms with Crippen LogP contribution in [0.1, 0.15) is 54.7 Å². The predicted octanol–water partition coefficient (Wildman–Crippen LogP) is 5.26. The molecule has 8 nitrogen and oxygen atoms in total. The van der Waals surface area contributed by atoms with E-state index in [4.69, 9.17) is 9.47 Å². The fraction of sp³-hybridized carbons (Fsp3) is 0.364. The molecule has 2 amide bonds. The Morgan fingerprint density at radius 1 is 0.902 bits per heavy atom. The molecule has 0 spiro atoms. The van der Waals surface area contributed by atoms with Crippen molar-refractivity contribution in [2.75, 3.05) is 19.8 Å². The molecule has 2 aliphatic carbocycles. The first-order chi connectivity index (χ1) is 19.9. The van der Waals surface area contributed by atoms with Crippen LogP contribution < -0.4 is 10.6 Å². The number of benzene rings is 3. The molecule has 3 N–H and O–H groups in total. The first-order valence-electron chi connectivity index (χ1n) is 14.2. The molecule has 0 heterocycles. The van der Waals surface area contributed by atoms with Gasteiger partial charge in [-0.05, 0) is 58.9 Å². The van der Waals surface area contributed by atoms with Crippen LogP contribution in [-0.2, 0) is 25.7 Å². The van der Waals surface area contributed by atoms with E-state index in [0.717, 1.165) is 47.1 Å². The third kappa shape index (κ3) is 7.32. The Labute approximate surface area is 240 Å². The zero-order valence-electron chi connectivity index (χ0n) is 23.0. The summed E-state index contributed by atoms with van der Waals surface area (Å²) in [4.78, 5) is 37.1. The molecule has 1 atom stereocenters. The highest BCUT2D eigenvalue weighted by Gasteiger charge is 2.42. The lowest BCUT2D eigenvalue weighted by atomic mass is 9.98. The zero-order chi connectivity index (χ0) is 28.7. The molecule has 0 radical (unpaired) electrons. The molecule has 8 heteroatoms. The van der Waals surface area contributed by atoms with Crippen LogP contribution in [0.25, 0.3) is 11.1 Å². The van der Waals surface area contributed by atoms with E-state index in [9.17, 15) is 19.5 Å². The number of carboxylic acid groups (broad SMARTS) is 1. The summed E-state index contributed by atoms with van der Waals surface area (Å²) in [6, 6.07) is 25.0. The van der Waals surface area contributed by atoms with Crippen LogP contribution in [0.15, 0.2) is 78.9 Å². The first kappa shape index (κ1) is 28.4. The number of alkyl carbamates (subject to hydrolysis) is 1. The molecule has 0 aromatic heterocycles. The second-order valence-corrected chi connectivity index (χ2v) is 11.0. The van der Waals surface area contributed by atoms with Crippen molar-refractivity contribution in [3.05, 3.63) is 95.6 Å². The number of hydrogen-bond donors (Lipinski definition) is 3. The number of aliphatic carboxylic acids is 1. The number of hydrogen-bond acceptors (Lipinski definition) is 5. The molecule has 0 bridgehead atoms. The van der Waals surface area contributed by atoms with E-state index in [1.54, 1.807) is 0 Å². The minimum atomic E-state index is -1.04. The number of carboxylic acids is 1. The second-order valence-electron chi connectivity index (χ2n) is 11.0. The number of ether oxygens (including phenoxy) is 2. The summed E-state index contributed by atoms with van der Waals surface area (Å²) in [7, 11) is 0. The molecule has 3 aromatic rings. The number of fused-ring (bicyclic) bond motifs is 3. The Balaban J connectivity index is 1.12. The lowest BCUT2D eigenvalue weighted by Gasteiger charge is -2.21. The highest BCUT2D eigenvalue weighted by molar-refractivity contribution is 5.86. The van der Waals surface area contributed by atoms with Gasteiger partial charge in [-0.2, -0.15) is 0 Å². The first-order valence-corrected chi connectivity index (χ1v) is 14.2. The van der Waals surface area contributed by atoms with Gasteiger partial charge >= 0.3 is 12.1 Å². The molecular formula is C33H36N2O6. The molecule has 0 saturated heterocycles. The summed E-state index contributed by atoms with van der Waals surface area (Å²) in [5.74, 6) is -1.55. The molecule has 5 rings (SSSR count). The van der Waals surface area contributed by atoms with Crippen LogP contribution >= 0.6 is 0 Å². The lowest BCUT2D eigenvalue weighted by molar-refractivity contribution is -0.137. The van der Waals surface area contributed by atoms with Gasteiger partial charge in [0.25, 0.3) is 0 Å².